The van der Waals surface area contributed by atoms with Gasteiger partial charge in [0.05, 0.1) is 20.8 Å². The molecule has 1 heterocycles. The van der Waals surface area contributed by atoms with Gasteiger partial charge in [0.25, 0.3) is 0 Å². The molecule has 0 radical (unpaired) electrons. The number of aryl methyl sites for hydroxylation is 1. The van der Waals surface area contributed by atoms with E-state index in [2.05, 4.69) is 11.4 Å². The van der Waals surface area contributed by atoms with Gasteiger partial charge in [0, 0.05) is 23.4 Å². The number of carbonyl (C=O) groups excluding carboxylic acids is 1. The van der Waals surface area contributed by atoms with Crippen LogP contribution in [0.4, 0.5) is 0 Å². The van der Waals surface area contributed by atoms with Gasteiger partial charge < -0.3 is 14.4 Å². The minimum absolute atomic E-state index is 0.229. The molecule has 0 saturated heterocycles. The first-order valence-electron chi connectivity index (χ1n) is 8.23. The summed E-state index contributed by atoms with van der Waals surface area (Å²) < 4.78 is 10.6. The number of hydrogen-bond donors (Lipinski definition) is 0. The van der Waals surface area contributed by atoms with Crippen molar-refractivity contribution in [2.45, 2.75) is 38.3 Å². The Bertz CT molecular complexity index is 658. The third-order valence-electron chi connectivity index (χ3n) is 4.25. The molecule has 1 aliphatic rings. The molecule has 0 spiro atoms. The highest BCUT2D eigenvalue weighted by molar-refractivity contribution is 7.09. The van der Waals surface area contributed by atoms with E-state index in [-0.39, 0.29) is 5.91 Å². The summed E-state index contributed by atoms with van der Waals surface area (Å²) in [5.74, 6) is 1.75. The lowest BCUT2D eigenvalue weighted by molar-refractivity contribution is -0.132. The van der Waals surface area contributed by atoms with Crippen LogP contribution in [0.1, 0.15) is 29.7 Å². The van der Waals surface area contributed by atoms with Crippen molar-refractivity contribution >= 4 is 17.2 Å². The van der Waals surface area contributed by atoms with Crippen LogP contribution in [0.2, 0.25) is 0 Å². The molecule has 1 aromatic carbocycles. The van der Waals surface area contributed by atoms with Crippen LogP contribution in [0, 0.1) is 0 Å². The first kappa shape index (κ1) is 16.8. The molecule has 0 N–H and O–H groups in total. The van der Waals surface area contributed by atoms with Crippen molar-refractivity contribution in [2.24, 2.45) is 0 Å². The Balaban J connectivity index is 1.63. The number of ether oxygens (including phenoxy) is 2. The quantitative estimate of drug-likeness (QED) is 0.728. The Morgan fingerprint density at radius 3 is 2.46 bits per heavy atom. The second kappa shape index (κ2) is 7.71. The zero-order valence-corrected chi connectivity index (χ0v) is 15.0. The Morgan fingerprint density at radius 1 is 1.21 bits per heavy atom. The molecule has 1 aliphatic carbocycles. The van der Waals surface area contributed by atoms with Crippen LogP contribution >= 0.6 is 11.3 Å². The number of benzene rings is 1. The summed E-state index contributed by atoms with van der Waals surface area (Å²) in [6.07, 6.45) is 3.46. The summed E-state index contributed by atoms with van der Waals surface area (Å²) >= 11 is 1.71. The Labute approximate surface area is 147 Å². The Kier molecular flexibility index (Phi) is 5.41. The van der Waals surface area contributed by atoms with Crippen molar-refractivity contribution in [3.05, 3.63) is 46.2 Å². The van der Waals surface area contributed by atoms with Gasteiger partial charge in [-0.15, -0.1) is 11.3 Å². The predicted molar refractivity (Wildman–Crippen MR) is 95.8 cm³/mol. The van der Waals surface area contributed by atoms with E-state index in [0.717, 1.165) is 36.4 Å². The second-order valence-corrected chi connectivity index (χ2v) is 7.09. The van der Waals surface area contributed by atoms with Crippen LogP contribution in [0.15, 0.2) is 35.7 Å². The fraction of sp³-hybridized carbons (Fsp3) is 0.421. The zero-order valence-electron chi connectivity index (χ0n) is 14.2. The lowest BCUT2D eigenvalue weighted by Crippen LogP contribution is -2.32. The van der Waals surface area contributed by atoms with Gasteiger partial charge in [-0.3, -0.25) is 4.79 Å². The number of hydrogen-bond acceptors (Lipinski definition) is 4. The van der Waals surface area contributed by atoms with Gasteiger partial charge >= 0.3 is 0 Å². The van der Waals surface area contributed by atoms with E-state index in [1.807, 2.05) is 29.2 Å². The summed E-state index contributed by atoms with van der Waals surface area (Å²) in [7, 11) is 3.28. The SMILES string of the molecule is COc1cc(CCC(=O)N(Cc2cccs2)C2CC2)cc(OC)c1. The molecule has 128 valence electrons. The van der Waals surface area contributed by atoms with Gasteiger partial charge in [-0.05, 0) is 48.4 Å². The lowest BCUT2D eigenvalue weighted by atomic mass is 10.1. The maximum atomic E-state index is 12.7. The van der Waals surface area contributed by atoms with Crippen molar-refractivity contribution in [3.8, 4) is 11.5 Å². The first-order valence-corrected chi connectivity index (χ1v) is 9.11. The van der Waals surface area contributed by atoms with Crippen LogP contribution < -0.4 is 9.47 Å². The molecule has 4 nitrogen and oxygen atoms in total. The average Bonchev–Trinajstić information content (AvgIpc) is 3.32. The van der Waals surface area contributed by atoms with E-state index < -0.39 is 0 Å². The standard InChI is InChI=1S/C19H23NO3S/c1-22-16-10-14(11-17(12-16)23-2)5-8-19(21)20(15-6-7-15)13-18-4-3-9-24-18/h3-4,9-12,15H,5-8,13H2,1-2H3. The van der Waals surface area contributed by atoms with Crippen LogP contribution in [0.5, 0.6) is 11.5 Å². The van der Waals surface area contributed by atoms with Crippen LogP contribution in [0.25, 0.3) is 0 Å². The van der Waals surface area contributed by atoms with Crippen molar-refractivity contribution in [2.75, 3.05) is 14.2 Å². The third kappa shape index (κ3) is 4.29. The maximum Gasteiger partial charge on any atom is 0.223 e. The van der Waals surface area contributed by atoms with Crippen molar-refractivity contribution in [1.29, 1.82) is 0 Å². The number of rotatable bonds is 8. The minimum Gasteiger partial charge on any atom is -0.497 e. The molecular weight excluding hydrogens is 322 g/mol. The third-order valence-corrected chi connectivity index (χ3v) is 5.11. The maximum absolute atomic E-state index is 12.7. The zero-order chi connectivity index (χ0) is 16.9. The topological polar surface area (TPSA) is 38.8 Å². The molecule has 1 aromatic heterocycles. The highest BCUT2D eigenvalue weighted by atomic mass is 32.1. The van der Waals surface area contributed by atoms with E-state index in [1.165, 1.54) is 4.88 Å². The van der Waals surface area contributed by atoms with Gasteiger partial charge in [0.2, 0.25) is 5.91 Å². The Morgan fingerprint density at radius 2 is 1.92 bits per heavy atom. The molecule has 0 atom stereocenters. The van der Waals surface area contributed by atoms with Gasteiger partial charge in [0.15, 0.2) is 0 Å². The smallest absolute Gasteiger partial charge is 0.223 e. The van der Waals surface area contributed by atoms with Gasteiger partial charge in [0.1, 0.15) is 11.5 Å². The second-order valence-electron chi connectivity index (χ2n) is 6.05. The van der Waals surface area contributed by atoms with Crippen molar-refractivity contribution in [3.63, 3.8) is 0 Å². The number of methoxy groups -OCH3 is 2. The Hall–Kier alpha value is -2.01. The average molecular weight is 345 g/mol. The normalized spacial score (nSPS) is 13.6. The predicted octanol–water partition coefficient (Wildman–Crippen LogP) is 3.89. The van der Waals surface area contributed by atoms with Crippen LogP contribution in [0.3, 0.4) is 0 Å². The highest BCUT2D eigenvalue weighted by Crippen LogP contribution is 2.30. The van der Waals surface area contributed by atoms with Crippen LogP contribution in [-0.4, -0.2) is 31.1 Å². The minimum atomic E-state index is 0.229. The van der Waals surface area contributed by atoms with Crippen LogP contribution in [-0.2, 0) is 17.8 Å². The first-order chi connectivity index (χ1) is 11.7. The molecule has 0 bridgehead atoms. The van der Waals surface area contributed by atoms with Gasteiger partial charge in [-0.2, -0.15) is 0 Å². The molecule has 1 amide bonds. The van der Waals surface area contributed by atoms with Crippen molar-refractivity contribution in [1.82, 2.24) is 4.90 Å². The van der Waals surface area contributed by atoms with E-state index >= 15 is 0 Å². The van der Waals surface area contributed by atoms with E-state index in [4.69, 9.17) is 9.47 Å². The van der Waals surface area contributed by atoms with E-state index in [9.17, 15) is 4.79 Å². The number of nitrogens with zero attached hydrogens (tertiary/aromatic N) is 1. The fourth-order valence-electron chi connectivity index (χ4n) is 2.78. The van der Waals surface area contributed by atoms with Gasteiger partial charge in [-0.1, -0.05) is 6.07 Å². The summed E-state index contributed by atoms with van der Waals surface area (Å²) in [4.78, 5) is 16.0. The van der Waals surface area contributed by atoms with E-state index in [0.29, 0.717) is 18.9 Å². The molecule has 3 rings (SSSR count). The summed E-state index contributed by atoms with van der Waals surface area (Å²) in [5, 5.41) is 2.06. The summed E-state index contributed by atoms with van der Waals surface area (Å²) in [6, 6.07) is 10.4. The molecule has 5 heteroatoms. The molecule has 24 heavy (non-hydrogen) atoms. The lowest BCUT2D eigenvalue weighted by Gasteiger charge is -2.22. The highest BCUT2D eigenvalue weighted by Gasteiger charge is 2.32. The number of amides is 1. The number of carbonyl (C=O) groups is 1. The largest absolute Gasteiger partial charge is 0.497 e. The fourth-order valence-corrected chi connectivity index (χ4v) is 3.49. The summed E-state index contributed by atoms with van der Waals surface area (Å²) in [5.41, 5.74) is 1.06. The monoisotopic (exact) mass is 345 g/mol. The molecule has 2 aromatic rings. The molecule has 0 aliphatic heterocycles. The molecule has 1 fully saturated rings. The van der Waals surface area contributed by atoms with Gasteiger partial charge in [-0.25, -0.2) is 0 Å². The number of thiophene rings is 1. The molecule has 0 unspecified atom stereocenters. The molecule has 1 saturated carbocycles. The molecular formula is C19H23NO3S. The van der Waals surface area contributed by atoms with E-state index in [1.54, 1.807) is 25.6 Å². The summed E-state index contributed by atoms with van der Waals surface area (Å²) in [6.45, 7) is 0.739. The van der Waals surface area contributed by atoms with Crippen molar-refractivity contribution < 1.29 is 14.3 Å².